The summed E-state index contributed by atoms with van der Waals surface area (Å²) in [6.45, 7) is 8.60. The first-order valence-corrected chi connectivity index (χ1v) is 9.97. The predicted octanol–water partition coefficient (Wildman–Crippen LogP) is 1.44. The van der Waals surface area contributed by atoms with Crippen LogP contribution in [0.25, 0.3) is 11.1 Å². The number of ether oxygens (including phenoxy) is 1. The number of amides is 1. The Morgan fingerprint density at radius 2 is 1.93 bits per heavy atom. The molecule has 8 nitrogen and oxygen atoms in total. The van der Waals surface area contributed by atoms with Gasteiger partial charge in [0.1, 0.15) is 0 Å². The van der Waals surface area contributed by atoms with Gasteiger partial charge >= 0.3 is 0 Å². The van der Waals surface area contributed by atoms with Crippen LogP contribution in [-0.4, -0.2) is 79.2 Å². The molecule has 8 heteroatoms. The monoisotopic (exact) mass is 400 g/mol. The summed E-state index contributed by atoms with van der Waals surface area (Å²) >= 11 is 0. The maximum absolute atomic E-state index is 10.8. The van der Waals surface area contributed by atoms with Gasteiger partial charge in [-0.25, -0.2) is 9.97 Å². The molecule has 1 fully saturated rings. The number of nitrogens with one attached hydrogen (secondary N) is 1. The maximum atomic E-state index is 10.8. The van der Waals surface area contributed by atoms with Crippen LogP contribution in [0.15, 0.2) is 36.7 Å². The van der Waals surface area contributed by atoms with Crippen LogP contribution in [0.5, 0.6) is 0 Å². The number of nitrogens with zero attached hydrogens (tertiary/aromatic N) is 4. The molecule has 29 heavy (non-hydrogen) atoms. The predicted molar refractivity (Wildman–Crippen MR) is 115 cm³/mol. The summed E-state index contributed by atoms with van der Waals surface area (Å²) in [7, 11) is 1.76. The van der Waals surface area contributed by atoms with Gasteiger partial charge in [0.05, 0.1) is 13.2 Å². The van der Waals surface area contributed by atoms with Crippen molar-refractivity contribution < 1.29 is 9.53 Å². The third kappa shape index (κ3) is 8.15. The van der Waals surface area contributed by atoms with Crippen molar-refractivity contribution in [3.05, 3.63) is 42.2 Å². The molecule has 0 atom stereocenters. The minimum absolute atomic E-state index is 0.583. The van der Waals surface area contributed by atoms with E-state index in [-0.39, 0.29) is 0 Å². The first kappa shape index (κ1) is 22.7. The lowest BCUT2D eigenvalue weighted by Crippen LogP contribution is -2.39. The van der Waals surface area contributed by atoms with Gasteiger partial charge in [0.25, 0.3) is 0 Å². The van der Waals surface area contributed by atoms with Crippen molar-refractivity contribution in [1.82, 2.24) is 19.8 Å². The molecule has 1 aromatic heterocycles. The summed E-state index contributed by atoms with van der Waals surface area (Å²) in [6.07, 6.45) is 4.48. The zero-order valence-electron chi connectivity index (χ0n) is 17.4. The van der Waals surface area contributed by atoms with Crippen LogP contribution in [0, 0.1) is 0 Å². The average Bonchev–Trinajstić information content (AvgIpc) is 2.76. The van der Waals surface area contributed by atoms with Crippen molar-refractivity contribution in [2.75, 3.05) is 58.3 Å². The largest absolute Gasteiger partial charge is 0.379 e. The summed E-state index contributed by atoms with van der Waals surface area (Å²) < 4.78 is 5.35. The number of benzene rings is 1. The van der Waals surface area contributed by atoms with E-state index < -0.39 is 0 Å². The number of aromatic nitrogens is 2. The van der Waals surface area contributed by atoms with Crippen LogP contribution in [0.2, 0.25) is 0 Å². The van der Waals surface area contributed by atoms with Gasteiger partial charge in [-0.05, 0) is 23.7 Å². The first-order chi connectivity index (χ1) is 14.2. The molecule has 0 saturated carbocycles. The van der Waals surface area contributed by atoms with Crippen molar-refractivity contribution in [2.24, 2.45) is 5.73 Å². The molecule has 1 aromatic carbocycles. The Balaban J connectivity index is 0.000000941. The van der Waals surface area contributed by atoms with Crippen LogP contribution in [0.4, 0.5) is 5.95 Å². The number of carbonyl (C=O) groups is 1. The molecule has 1 aliphatic heterocycles. The first-order valence-electron chi connectivity index (χ1n) is 9.97. The third-order valence-corrected chi connectivity index (χ3v) is 4.34. The van der Waals surface area contributed by atoms with E-state index in [0.717, 1.165) is 69.0 Å². The van der Waals surface area contributed by atoms with E-state index in [1.165, 1.54) is 0 Å². The SMILES string of the molecule is CCN.CN(C=O)Cc1cccc(-c2cnc(NCCN3CCOCC3)nc2)c1. The molecular weight excluding hydrogens is 368 g/mol. The highest BCUT2D eigenvalue weighted by Crippen LogP contribution is 2.20. The zero-order chi connectivity index (χ0) is 20.9. The van der Waals surface area contributed by atoms with E-state index in [9.17, 15) is 4.79 Å². The van der Waals surface area contributed by atoms with Crippen LogP contribution < -0.4 is 11.1 Å². The van der Waals surface area contributed by atoms with E-state index in [0.29, 0.717) is 12.5 Å². The summed E-state index contributed by atoms with van der Waals surface area (Å²) in [5, 5.41) is 3.27. The molecule has 0 radical (unpaired) electrons. The Morgan fingerprint density at radius 3 is 2.59 bits per heavy atom. The zero-order valence-corrected chi connectivity index (χ0v) is 17.4. The number of morpholine rings is 1. The van der Waals surface area contributed by atoms with Gasteiger partial charge in [-0.3, -0.25) is 9.69 Å². The second-order valence-corrected chi connectivity index (χ2v) is 6.81. The Morgan fingerprint density at radius 1 is 1.24 bits per heavy atom. The minimum atomic E-state index is 0.583. The quantitative estimate of drug-likeness (QED) is 0.647. The van der Waals surface area contributed by atoms with E-state index in [1.807, 2.05) is 37.5 Å². The van der Waals surface area contributed by atoms with E-state index >= 15 is 0 Å². The summed E-state index contributed by atoms with van der Waals surface area (Å²) in [6, 6.07) is 8.07. The number of hydrogen-bond acceptors (Lipinski definition) is 7. The van der Waals surface area contributed by atoms with Crippen LogP contribution in [0.1, 0.15) is 12.5 Å². The Bertz CT molecular complexity index is 719. The molecule has 3 rings (SSSR count). The molecule has 1 aliphatic rings. The highest BCUT2D eigenvalue weighted by molar-refractivity contribution is 5.63. The number of carbonyl (C=O) groups excluding carboxylic acids is 1. The smallest absolute Gasteiger partial charge is 0.222 e. The molecule has 2 aromatic rings. The van der Waals surface area contributed by atoms with Gasteiger partial charge in [-0.2, -0.15) is 0 Å². The second kappa shape index (κ2) is 12.8. The number of nitrogens with two attached hydrogens (primary N) is 1. The van der Waals surface area contributed by atoms with Gasteiger partial charge in [-0.1, -0.05) is 25.1 Å². The van der Waals surface area contributed by atoms with Crippen molar-refractivity contribution in [2.45, 2.75) is 13.5 Å². The van der Waals surface area contributed by atoms with Gasteiger partial charge < -0.3 is 20.7 Å². The summed E-state index contributed by atoms with van der Waals surface area (Å²) in [5.41, 5.74) is 7.92. The fourth-order valence-electron chi connectivity index (χ4n) is 2.89. The second-order valence-electron chi connectivity index (χ2n) is 6.81. The van der Waals surface area contributed by atoms with Gasteiger partial charge in [0.2, 0.25) is 12.4 Å². The van der Waals surface area contributed by atoms with Crippen LogP contribution in [0.3, 0.4) is 0 Å². The van der Waals surface area contributed by atoms with Crippen LogP contribution >= 0.6 is 0 Å². The van der Waals surface area contributed by atoms with Gasteiger partial charge in [-0.15, -0.1) is 0 Å². The highest BCUT2D eigenvalue weighted by atomic mass is 16.5. The van der Waals surface area contributed by atoms with E-state index in [1.54, 1.807) is 11.9 Å². The maximum Gasteiger partial charge on any atom is 0.222 e. The highest BCUT2D eigenvalue weighted by Gasteiger charge is 2.09. The minimum Gasteiger partial charge on any atom is -0.379 e. The standard InChI is InChI=1S/C19H25N5O2.C2H7N/c1-23(15-25)14-16-3-2-4-17(11-16)18-12-21-19(22-13-18)20-5-6-24-7-9-26-10-8-24;1-2-3/h2-4,11-13,15H,5-10,14H2,1H3,(H,20,21,22);2-3H2,1H3. The molecule has 0 unspecified atom stereocenters. The van der Waals surface area contributed by atoms with Gasteiger partial charge in [0.15, 0.2) is 0 Å². The van der Waals surface area contributed by atoms with Crippen molar-refractivity contribution >= 4 is 12.4 Å². The molecule has 0 spiro atoms. The van der Waals surface area contributed by atoms with Gasteiger partial charge in [0, 0.05) is 57.7 Å². The molecule has 158 valence electrons. The third-order valence-electron chi connectivity index (χ3n) is 4.34. The number of hydrogen-bond donors (Lipinski definition) is 2. The molecule has 0 aliphatic carbocycles. The lowest BCUT2D eigenvalue weighted by Gasteiger charge is -2.26. The molecule has 3 N–H and O–H groups in total. The van der Waals surface area contributed by atoms with E-state index in [4.69, 9.17) is 10.5 Å². The molecular formula is C21H32N6O2. The lowest BCUT2D eigenvalue weighted by molar-refractivity contribution is -0.117. The summed E-state index contributed by atoms with van der Waals surface area (Å²) in [5.74, 6) is 0.638. The Labute approximate surface area is 173 Å². The lowest BCUT2D eigenvalue weighted by atomic mass is 10.1. The average molecular weight is 401 g/mol. The van der Waals surface area contributed by atoms with Crippen molar-refractivity contribution in [3.8, 4) is 11.1 Å². The number of anilines is 1. The number of rotatable bonds is 8. The molecule has 2 heterocycles. The molecule has 0 bridgehead atoms. The molecule has 1 saturated heterocycles. The van der Waals surface area contributed by atoms with Crippen molar-refractivity contribution in [1.29, 1.82) is 0 Å². The Kier molecular flexibility index (Phi) is 10.1. The fraction of sp³-hybridized carbons (Fsp3) is 0.476. The fourth-order valence-corrected chi connectivity index (χ4v) is 2.89. The van der Waals surface area contributed by atoms with Crippen molar-refractivity contribution in [3.63, 3.8) is 0 Å². The van der Waals surface area contributed by atoms with Crippen LogP contribution in [-0.2, 0) is 16.1 Å². The topological polar surface area (TPSA) is 96.6 Å². The molecule has 1 amide bonds. The summed E-state index contributed by atoms with van der Waals surface area (Å²) in [4.78, 5) is 23.6. The normalized spacial score (nSPS) is 13.9. The van der Waals surface area contributed by atoms with E-state index in [2.05, 4.69) is 26.3 Å². The Hall–Kier alpha value is -2.55.